The largest absolute Gasteiger partial charge is 0.475 e. The molecule has 0 saturated carbocycles. The first kappa shape index (κ1) is 25.3. The zero-order chi connectivity index (χ0) is 25.1. The van der Waals surface area contributed by atoms with Gasteiger partial charge in [0.1, 0.15) is 6.61 Å². The van der Waals surface area contributed by atoms with Crippen LogP contribution in [-0.2, 0) is 6.18 Å². The van der Waals surface area contributed by atoms with Gasteiger partial charge in [0, 0.05) is 30.6 Å². The molecule has 0 aliphatic carbocycles. The molecule has 3 rings (SSSR count). The third-order valence-corrected chi connectivity index (χ3v) is 5.36. The van der Waals surface area contributed by atoms with E-state index in [9.17, 15) is 26.7 Å². The van der Waals surface area contributed by atoms with Gasteiger partial charge in [-0.2, -0.15) is 18.3 Å². The van der Waals surface area contributed by atoms with Crippen LogP contribution in [0.4, 0.5) is 27.6 Å². The average Bonchev–Trinajstić information content (AvgIpc) is 2.76. The van der Waals surface area contributed by atoms with Gasteiger partial charge in [-0.25, -0.2) is 18.7 Å². The number of pyridine rings is 2. The quantitative estimate of drug-likeness (QED) is 0.362. The molecule has 1 saturated heterocycles. The van der Waals surface area contributed by atoms with Crippen LogP contribution in [0.15, 0.2) is 35.6 Å². The number of likely N-dealkylation sites (tertiary alicyclic amines) is 1. The van der Waals surface area contributed by atoms with Crippen molar-refractivity contribution in [2.24, 2.45) is 11.0 Å². The van der Waals surface area contributed by atoms with Crippen LogP contribution < -0.4 is 10.2 Å². The lowest BCUT2D eigenvalue weighted by atomic mass is 9.88. The Kier molecular flexibility index (Phi) is 7.37. The topological polar surface area (TPSA) is 79.7 Å². The summed E-state index contributed by atoms with van der Waals surface area (Å²) in [5.41, 5.74) is 2.41. The van der Waals surface area contributed by atoms with Crippen molar-refractivity contribution >= 4 is 17.8 Å². The molecule has 3 heterocycles. The Balaban J connectivity index is 1.86. The number of amides is 1. The lowest BCUT2D eigenvalue weighted by Gasteiger charge is -2.43. The van der Waals surface area contributed by atoms with Gasteiger partial charge in [0.05, 0.1) is 23.8 Å². The average molecular weight is 485 g/mol. The number of aryl methyl sites for hydroxylation is 1. The van der Waals surface area contributed by atoms with Crippen molar-refractivity contribution < 1.29 is 31.5 Å². The van der Waals surface area contributed by atoms with E-state index in [0.717, 1.165) is 17.0 Å². The van der Waals surface area contributed by atoms with E-state index >= 15 is 0 Å². The Morgan fingerprint density at radius 2 is 2.06 bits per heavy atom. The van der Waals surface area contributed by atoms with Crippen LogP contribution in [0.2, 0.25) is 0 Å². The minimum Gasteiger partial charge on any atom is -0.475 e. The van der Waals surface area contributed by atoms with E-state index in [2.05, 4.69) is 20.5 Å². The molecule has 7 nitrogen and oxygen atoms in total. The second-order valence-electron chi connectivity index (χ2n) is 8.08. The number of aromatic nitrogens is 2. The molecule has 2 aromatic rings. The molecule has 1 amide bonds. The molecule has 1 fully saturated rings. The third kappa shape index (κ3) is 5.97. The summed E-state index contributed by atoms with van der Waals surface area (Å²) in [5, 5.41) is 3.88. The molecule has 2 aromatic heterocycles. The zero-order valence-electron chi connectivity index (χ0n) is 18.7. The van der Waals surface area contributed by atoms with Crippen molar-refractivity contribution in [3.63, 3.8) is 0 Å². The number of alkyl halides is 5. The van der Waals surface area contributed by atoms with Crippen molar-refractivity contribution in [2.75, 3.05) is 18.6 Å². The summed E-state index contributed by atoms with van der Waals surface area (Å²) in [6.45, 7) is 3.80. The van der Waals surface area contributed by atoms with Gasteiger partial charge in [0.15, 0.2) is 5.69 Å². The van der Waals surface area contributed by atoms with Crippen molar-refractivity contribution in [3.05, 3.63) is 47.4 Å². The van der Waals surface area contributed by atoms with E-state index in [1.807, 2.05) is 0 Å². The monoisotopic (exact) mass is 485 g/mol. The normalized spacial score (nSPS) is 20.4. The Bertz CT molecular complexity index is 1040. The summed E-state index contributed by atoms with van der Waals surface area (Å²) in [6.07, 6.45) is -2.94. The Morgan fingerprint density at radius 1 is 1.32 bits per heavy atom. The number of hydrogen-bond donors (Lipinski definition) is 1. The molecule has 1 aliphatic heterocycles. The number of halogens is 5. The maximum atomic E-state index is 14.4. The van der Waals surface area contributed by atoms with E-state index in [1.165, 1.54) is 6.21 Å². The van der Waals surface area contributed by atoms with Crippen LogP contribution in [0.3, 0.4) is 0 Å². The first-order valence-electron chi connectivity index (χ1n) is 10.5. The lowest BCUT2D eigenvalue weighted by Crippen LogP contribution is -2.57. The molecule has 0 bridgehead atoms. The number of hydrazone groups is 1. The highest BCUT2D eigenvalue weighted by Gasteiger charge is 2.47. The van der Waals surface area contributed by atoms with Gasteiger partial charge < -0.3 is 9.64 Å². The molecule has 12 heteroatoms. The summed E-state index contributed by atoms with van der Waals surface area (Å²) in [5.74, 6) is -4.65. The second-order valence-corrected chi connectivity index (χ2v) is 8.08. The predicted molar refractivity (Wildman–Crippen MR) is 115 cm³/mol. The van der Waals surface area contributed by atoms with Crippen LogP contribution in [0, 0.1) is 12.8 Å². The van der Waals surface area contributed by atoms with Crippen molar-refractivity contribution in [1.29, 1.82) is 0 Å². The number of piperidine rings is 1. The number of nitrogens with one attached hydrogen (secondary N) is 1. The SMILES string of the molecule is C/C=N\Nc1ccc(C)nc1C(=O)N1CC(F)(F)C[C@@H](C)C1COc1ccc(C(F)(F)F)cn1. The Morgan fingerprint density at radius 3 is 2.68 bits per heavy atom. The highest BCUT2D eigenvalue weighted by Crippen LogP contribution is 2.36. The first-order chi connectivity index (χ1) is 15.9. The first-order valence-corrected chi connectivity index (χ1v) is 10.5. The number of hydrogen-bond acceptors (Lipinski definition) is 6. The van der Waals surface area contributed by atoms with Crippen LogP contribution in [0.5, 0.6) is 5.88 Å². The van der Waals surface area contributed by atoms with Crippen molar-refractivity contribution in [3.8, 4) is 5.88 Å². The second kappa shape index (κ2) is 9.90. The van der Waals surface area contributed by atoms with Crippen molar-refractivity contribution in [1.82, 2.24) is 14.9 Å². The van der Waals surface area contributed by atoms with Gasteiger partial charge in [0.2, 0.25) is 5.88 Å². The molecule has 184 valence electrons. The van der Waals surface area contributed by atoms with E-state index in [0.29, 0.717) is 11.9 Å². The molecular weight excluding hydrogens is 461 g/mol. The molecule has 1 unspecified atom stereocenters. The summed E-state index contributed by atoms with van der Waals surface area (Å²) in [7, 11) is 0. The smallest absolute Gasteiger partial charge is 0.417 e. The van der Waals surface area contributed by atoms with Gasteiger partial charge in [-0.05, 0) is 38.0 Å². The van der Waals surface area contributed by atoms with Crippen LogP contribution in [0.1, 0.15) is 42.0 Å². The maximum absolute atomic E-state index is 14.4. The fraction of sp³-hybridized carbons (Fsp3) is 0.455. The number of ether oxygens (including phenoxy) is 1. The standard InChI is InChI=1S/C22H24F5N5O2/c1-4-29-31-16-7-5-14(3)30-19(16)20(33)32-12-21(23,24)9-13(2)17(32)11-34-18-8-6-15(10-28-18)22(25,26)27/h4-8,10,13,17,31H,9,11-12H2,1-3H3/b29-4-/t13-,17?/m1/s1. The molecule has 1 aliphatic rings. The minimum atomic E-state index is -4.55. The van der Waals surface area contributed by atoms with Gasteiger partial charge in [-0.15, -0.1) is 0 Å². The van der Waals surface area contributed by atoms with E-state index in [-0.39, 0.29) is 23.9 Å². The van der Waals surface area contributed by atoms with Crippen LogP contribution in [0.25, 0.3) is 0 Å². The molecule has 34 heavy (non-hydrogen) atoms. The molecular formula is C22H24F5N5O2. The van der Waals surface area contributed by atoms with Gasteiger partial charge >= 0.3 is 6.18 Å². The highest BCUT2D eigenvalue weighted by molar-refractivity contribution is 5.98. The lowest BCUT2D eigenvalue weighted by molar-refractivity contribution is -0.137. The van der Waals surface area contributed by atoms with Crippen molar-refractivity contribution in [2.45, 2.75) is 45.3 Å². The van der Waals surface area contributed by atoms with Gasteiger partial charge in [-0.1, -0.05) is 6.92 Å². The van der Waals surface area contributed by atoms with E-state index in [1.54, 1.807) is 32.9 Å². The Hall–Kier alpha value is -3.31. The Labute approximate surface area is 193 Å². The van der Waals surface area contributed by atoms with Gasteiger partial charge in [0.25, 0.3) is 11.8 Å². The fourth-order valence-corrected chi connectivity index (χ4v) is 3.71. The molecule has 0 radical (unpaired) electrons. The molecule has 1 N–H and O–H groups in total. The number of nitrogens with zero attached hydrogens (tertiary/aromatic N) is 4. The number of rotatable bonds is 6. The van der Waals surface area contributed by atoms with Crippen LogP contribution >= 0.6 is 0 Å². The number of carbonyl (C=O) groups is 1. The summed E-state index contributed by atoms with van der Waals surface area (Å²) in [4.78, 5) is 22.3. The summed E-state index contributed by atoms with van der Waals surface area (Å²) in [6, 6.07) is 4.29. The summed E-state index contributed by atoms with van der Waals surface area (Å²) >= 11 is 0. The number of anilines is 1. The minimum absolute atomic E-state index is 0.0758. The van der Waals surface area contributed by atoms with E-state index in [4.69, 9.17) is 4.74 Å². The maximum Gasteiger partial charge on any atom is 0.417 e. The third-order valence-electron chi connectivity index (χ3n) is 5.36. The number of carbonyl (C=O) groups excluding carboxylic acids is 1. The zero-order valence-corrected chi connectivity index (χ0v) is 18.7. The molecule has 0 spiro atoms. The van der Waals surface area contributed by atoms with E-state index < -0.39 is 48.5 Å². The molecule has 0 aromatic carbocycles. The fourth-order valence-electron chi connectivity index (χ4n) is 3.71. The van der Waals surface area contributed by atoms with Crippen LogP contribution in [-0.4, -0.2) is 52.1 Å². The predicted octanol–water partition coefficient (Wildman–Crippen LogP) is 4.79. The highest BCUT2D eigenvalue weighted by atomic mass is 19.4. The van der Waals surface area contributed by atoms with Gasteiger partial charge in [-0.3, -0.25) is 10.2 Å². The summed E-state index contributed by atoms with van der Waals surface area (Å²) < 4.78 is 72.6. The molecule has 2 atom stereocenters.